The predicted molar refractivity (Wildman–Crippen MR) is 96.9 cm³/mol. The van der Waals surface area contributed by atoms with Gasteiger partial charge in [0, 0.05) is 12.4 Å². The summed E-state index contributed by atoms with van der Waals surface area (Å²) in [6, 6.07) is 2.22. The van der Waals surface area contributed by atoms with Crippen LogP contribution in [0.5, 0.6) is 0 Å². The zero-order chi connectivity index (χ0) is 16.1. The fourth-order valence-electron chi connectivity index (χ4n) is 2.31. The number of imidazole rings is 1. The molecule has 1 aliphatic carbocycles. The zero-order valence-electron chi connectivity index (χ0n) is 14.1. The average Bonchev–Trinajstić information content (AvgIpc) is 3.16. The maximum absolute atomic E-state index is 6.29. The third-order valence-electron chi connectivity index (χ3n) is 5.01. The molecule has 0 bridgehead atoms. The molecule has 0 radical (unpaired) electrons. The van der Waals surface area contributed by atoms with Gasteiger partial charge in [0.25, 0.3) is 0 Å². The van der Waals surface area contributed by atoms with Gasteiger partial charge in [0.05, 0.1) is 16.8 Å². The molecule has 1 aliphatic rings. The van der Waals surface area contributed by atoms with Gasteiger partial charge in [-0.1, -0.05) is 20.8 Å². The van der Waals surface area contributed by atoms with Crippen LogP contribution in [0.3, 0.4) is 0 Å². The first kappa shape index (κ1) is 16.2. The maximum Gasteiger partial charge on any atom is 0.192 e. The third kappa shape index (κ3) is 3.17. The van der Waals surface area contributed by atoms with E-state index in [1.54, 1.807) is 0 Å². The molecular weight excluding hydrogens is 356 g/mol. The van der Waals surface area contributed by atoms with Gasteiger partial charge in [-0.25, -0.2) is 4.98 Å². The van der Waals surface area contributed by atoms with E-state index in [1.807, 2.05) is 0 Å². The predicted octanol–water partition coefficient (Wildman–Crippen LogP) is 5.50. The van der Waals surface area contributed by atoms with Crippen LogP contribution in [0, 0.1) is 0 Å². The molecule has 0 spiro atoms. The van der Waals surface area contributed by atoms with Crippen LogP contribution in [0.25, 0.3) is 5.65 Å². The van der Waals surface area contributed by atoms with Crippen molar-refractivity contribution in [3.8, 4) is 0 Å². The Bertz CT molecular complexity index is 698. The van der Waals surface area contributed by atoms with Crippen molar-refractivity contribution < 1.29 is 4.43 Å². The van der Waals surface area contributed by atoms with Gasteiger partial charge in [-0.2, -0.15) is 0 Å². The highest BCUT2D eigenvalue weighted by atomic mass is 79.9. The second-order valence-corrected chi connectivity index (χ2v) is 13.6. The fourth-order valence-corrected chi connectivity index (χ4v) is 3.81. The van der Waals surface area contributed by atoms with Crippen molar-refractivity contribution in [1.82, 2.24) is 9.38 Å². The summed E-state index contributed by atoms with van der Waals surface area (Å²) in [5.41, 5.74) is 3.41. The van der Waals surface area contributed by atoms with E-state index in [0.29, 0.717) is 6.61 Å². The summed E-state index contributed by atoms with van der Waals surface area (Å²) in [6.07, 6.45) is 6.96. The number of pyridine rings is 1. The Morgan fingerprint density at radius 1 is 1.32 bits per heavy atom. The first-order valence-corrected chi connectivity index (χ1v) is 11.7. The Balaban J connectivity index is 1.82. The average molecular weight is 381 g/mol. The lowest BCUT2D eigenvalue weighted by Gasteiger charge is -2.35. The maximum atomic E-state index is 6.29. The van der Waals surface area contributed by atoms with Crippen molar-refractivity contribution in [2.45, 2.75) is 64.3 Å². The van der Waals surface area contributed by atoms with Crippen molar-refractivity contribution in [3.63, 3.8) is 0 Å². The van der Waals surface area contributed by atoms with Crippen molar-refractivity contribution in [3.05, 3.63) is 34.2 Å². The minimum atomic E-state index is -1.73. The number of hydrogen-bond acceptors (Lipinski definition) is 2. The van der Waals surface area contributed by atoms with E-state index < -0.39 is 8.32 Å². The summed E-state index contributed by atoms with van der Waals surface area (Å²) < 4.78 is 9.51. The van der Waals surface area contributed by atoms with E-state index in [0.717, 1.165) is 21.7 Å². The van der Waals surface area contributed by atoms with Gasteiger partial charge in [0.1, 0.15) is 0 Å². The second-order valence-electron chi connectivity index (χ2n) is 7.91. The van der Waals surface area contributed by atoms with E-state index >= 15 is 0 Å². The number of rotatable bonds is 4. The molecule has 1 saturated carbocycles. The number of halogens is 1. The Morgan fingerprint density at radius 2 is 2.00 bits per heavy atom. The standard InChI is InChI=1S/C17H25BrN2OSi/c1-17(2,3)22(4,5)21-11-14-10-20-9-13(12-6-7-12)8-15(18)16(20)19-14/h8-10,12H,6-7,11H2,1-5H3. The number of hydrogen-bond donors (Lipinski definition) is 0. The molecule has 2 aromatic heterocycles. The van der Waals surface area contributed by atoms with Crippen molar-refractivity contribution in [2.75, 3.05) is 0 Å². The molecule has 0 aromatic carbocycles. The summed E-state index contributed by atoms with van der Waals surface area (Å²) in [5.74, 6) is 0.745. The fraction of sp³-hybridized carbons (Fsp3) is 0.588. The Labute approximate surface area is 142 Å². The summed E-state index contributed by atoms with van der Waals surface area (Å²) in [5, 5.41) is 0.228. The molecule has 0 amide bonds. The molecule has 0 N–H and O–H groups in total. The van der Waals surface area contributed by atoms with Crippen molar-refractivity contribution in [2.24, 2.45) is 0 Å². The molecule has 2 aromatic rings. The van der Waals surface area contributed by atoms with Crippen LogP contribution in [0.2, 0.25) is 18.1 Å². The molecule has 1 fully saturated rings. The van der Waals surface area contributed by atoms with E-state index in [-0.39, 0.29) is 5.04 Å². The highest BCUT2D eigenvalue weighted by Crippen LogP contribution is 2.41. The minimum Gasteiger partial charge on any atom is -0.411 e. The second kappa shape index (κ2) is 5.46. The van der Waals surface area contributed by atoms with E-state index in [1.165, 1.54) is 18.4 Å². The topological polar surface area (TPSA) is 26.5 Å². The molecule has 2 heterocycles. The summed E-state index contributed by atoms with van der Waals surface area (Å²) in [7, 11) is -1.73. The van der Waals surface area contributed by atoms with Gasteiger partial charge in [-0.3, -0.25) is 0 Å². The summed E-state index contributed by atoms with van der Waals surface area (Å²) in [6.45, 7) is 12.0. The minimum absolute atomic E-state index is 0.228. The Kier molecular flexibility index (Phi) is 4.02. The van der Waals surface area contributed by atoms with Crippen LogP contribution in [0.4, 0.5) is 0 Å². The molecule has 3 nitrogen and oxygen atoms in total. The monoisotopic (exact) mass is 380 g/mol. The van der Waals surface area contributed by atoms with Gasteiger partial charge in [0.2, 0.25) is 0 Å². The van der Waals surface area contributed by atoms with Crippen molar-refractivity contribution in [1.29, 1.82) is 0 Å². The van der Waals surface area contributed by atoms with Gasteiger partial charge < -0.3 is 8.83 Å². The zero-order valence-corrected chi connectivity index (χ0v) is 16.7. The lowest BCUT2D eigenvalue weighted by molar-refractivity contribution is 0.272. The molecule has 0 unspecified atom stereocenters. The molecule has 5 heteroatoms. The van der Waals surface area contributed by atoms with Crippen molar-refractivity contribution >= 4 is 29.9 Å². The van der Waals surface area contributed by atoms with Gasteiger partial charge in [0.15, 0.2) is 14.0 Å². The van der Waals surface area contributed by atoms with Crippen LogP contribution in [-0.4, -0.2) is 17.7 Å². The highest BCUT2D eigenvalue weighted by Gasteiger charge is 2.37. The van der Waals surface area contributed by atoms with Crippen LogP contribution >= 0.6 is 15.9 Å². The molecule has 3 rings (SSSR count). The number of aromatic nitrogens is 2. The Hall–Kier alpha value is -0.653. The first-order valence-electron chi connectivity index (χ1n) is 7.98. The van der Waals surface area contributed by atoms with Gasteiger partial charge >= 0.3 is 0 Å². The number of nitrogens with zero attached hydrogens (tertiary/aromatic N) is 2. The van der Waals surface area contributed by atoms with Gasteiger partial charge in [-0.05, 0) is 64.5 Å². The Morgan fingerprint density at radius 3 is 2.59 bits per heavy atom. The van der Waals surface area contributed by atoms with Crippen LogP contribution in [0.15, 0.2) is 22.9 Å². The summed E-state index contributed by atoms with van der Waals surface area (Å²) in [4.78, 5) is 4.73. The quantitative estimate of drug-likeness (QED) is 0.654. The van der Waals surface area contributed by atoms with E-state index in [2.05, 4.69) is 72.7 Å². The molecule has 120 valence electrons. The SMILES string of the molecule is CC(C)(C)[Si](C)(C)OCc1cn2cc(C3CC3)cc(Br)c2n1. The lowest BCUT2D eigenvalue weighted by atomic mass is 10.2. The van der Waals surface area contributed by atoms with Crippen LogP contribution in [0.1, 0.15) is 50.8 Å². The van der Waals surface area contributed by atoms with Crippen LogP contribution < -0.4 is 0 Å². The molecule has 0 atom stereocenters. The van der Waals surface area contributed by atoms with Crippen LogP contribution in [-0.2, 0) is 11.0 Å². The molecule has 0 saturated heterocycles. The smallest absolute Gasteiger partial charge is 0.192 e. The first-order chi connectivity index (χ1) is 10.2. The lowest BCUT2D eigenvalue weighted by Crippen LogP contribution is -2.40. The largest absolute Gasteiger partial charge is 0.411 e. The number of fused-ring (bicyclic) bond motifs is 1. The third-order valence-corrected chi connectivity index (χ3v) is 10.1. The van der Waals surface area contributed by atoms with Gasteiger partial charge in [-0.15, -0.1) is 0 Å². The summed E-state index contributed by atoms with van der Waals surface area (Å²) >= 11 is 3.66. The molecule has 0 aliphatic heterocycles. The molecule has 22 heavy (non-hydrogen) atoms. The highest BCUT2D eigenvalue weighted by molar-refractivity contribution is 9.10. The van der Waals surface area contributed by atoms with E-state index in [4.69, 9.17) is 9.41 Å². The normalized spacial score (nSPS) is 16.5. The molecular formula is C17H25BrN2OSi. The van der Waals surface area contributed by atoms with E-state index in [9.17, 15) is 0 Å².